The van der Waals surface area contributed by atoms with Crippen molar-refractivity contribution >= 4 is 18.0 Å². The van der Waals surface area contributed by atoms with E-state index in [2.05, 4.69) is 9.47 Å². The lowest BCUT2D eigenvalue weighted by atomic mass is 10.0. The molecule has 0 N–H and O–H groups in total. The highest BCUT2D eigenvalue weighted by atomic mass is 16.5. The molecule has 1 aromatic rings. The van der Waals surface area contributed by atoms with Crippen molar-refractivity contribution in [3.8, 4) is 5.75 Å². The molecule has 0 radical (unpaired) electrons. The highest BCUT2D eigenvalue weighted by molar-refractivity contribution is 5.87. The van der Waals surface area contributed by atoms with Crippen LogP contribution < -0.4 is 4.74 Å². The molecule has 0 aromatic heterocycles. The number of benzene rings is 1. The summed E-state index contributed by atoms with van der Waals surface area (Å²) >= 11 is 0. The minimum absolute atomic E-state index is 0.267. The Bertz CT molecular complexity index is 505. The molecule has 0 heterocycles. The van der Waals surface area contributed by atoms with Crippen LogP contribution in [0, 0.1) is 0 Å². The van der Waals surface area contributed by atoms with Gasteiger partial charge in [-0.25, -0.2) is 4.79 Å². The van der Waals surface area contributed by atoms with Crippen molar-refractivity contribution in [1.82, 2.24) is 0 Å². The Hall–Kier alpha value is -2.30. The Kier molecular flexibility index (Phi) is 6.29. The number of carbonyl (C=O) groups is 2. The van der Waals surface area contributed by atoms with E-state index >= 15 is 0 Å². The molecule has 0 bridgehead atoms. The lowest BCUT2D eigenvalue weighted by Crippen LogP contribution is -2.03. The van der Waals surface area contributed by atoms with Gasteiger partial charge in [0.25, 0.3) is 0 Å². The number of hydrogen-bond acceptors (Lipinski definition) is 5. The highest BCUT2D eigenvalue weighted by Crippen LogP contribution is 2.20. The molecule has 0 unspecified atom stereocenters. The summed E-state index contributed by atoms with van der Waals surface area (Å²) in [7, 11) is 4.24. The molecule has 0 amide bonds. The van der Waals surface area contributed by atoms with Crippen LogP contribution in [0.15, 0.2) is 24.3 Å². The lowest BCUT2D eigenvalue weighted by Gasteiger charge is -2.08. The van der Waals surface area contributed by atoms with Crippen molar-refractivity contribution in [2.45, 2.75) is 12.8 Å². The van der Waals surface area contributed by atoms with Gasteiger partial charge in [-0.1, -0.05) is 6.07 Å². The SMILES string of the molecule is COC(=O)/C=C/c1ccc(OC)cc1CCC(=O)OC. The molecule has 0 aliphatic carbocycles. The molecular weight excluding hydrogens is 260 g/mol. The van der Waals surface area contributed by atoms with Crippen molar-refractivity contribution in [1.29, 1.82) is 0 Å². The highest BCUT2D eigenvalue weighted by Gasteiger charge is 2.07. The fraction of sp³-hybridized carbons (Fsp3) is 0.333. The van der Waals surface area contributed by atoms with Gasteiger partial charge in [-0.3, -0.25) is 4.79 Å². The van der Waals surface area contributed by atoms with E-state index in [1.807, 2.05) is 12.1 Å². The van der Waals surface area contributed by atoms with Gasteiger partial charge in [0, 0.05) is 12.5 Å². The summed E-state index contributed by atoms with van der Waals surface area (Å²) < 4.78 is 14.3. The summed E-state index contributed by atoms with van der Waals surface area (Å²) in [6, 6.07) is 5.45. The zero-order valence-corrected chi connectivity index (χ0v) is 11.8. The molecule has 1 rings (SSSR count). The number of aryl methyl sites for hydroxylation is 1. The Balaban J connectivity index is 2.94. The van der Waals surface area contributed by atoms with Crippen LogP contribution in [0.3, 0.4) is 0 Å². The normalized spacial score (nSPS) is 10.3. The van der Waals surface area contributed by atoms with E-state index in [0.717, 1.165) is 11.1 Å². The van der Waals surface area contributed by atoms with Crippen LogP contribution in [-0.2, 0) is 25.5 Å². The molecule has 1 aromatic carbocycles. The van der Waals surface area contributed by atoms with Crippen LogP contribution in [0.5, 0.6) is 5.75 Å². The van der Waals surface area contributed by atoms with Gasteiger partial charge in [0.2, 0.25) is 0 Å². The summed E-state index contributed by atoms with van der Waals surface area (Å²) in [5.74, 6) is -0.0180. The first-order valence-electron chi connectivity index (χ1n) is 6.10. The number of methoxy groups -OCH3 is 3. The molecule has 0 fully saturated rings. The van der Waals surface area contributed by atoms with Crippen LogP contribution in [0.25, 0.3) is 6.08 Å². The second-order valence-electron chi connectivity index (χ2n) is 4.00. The first kappa shape index (κ1) is 15.8. The van der Waals surface area contributed by atoms with Crippen molar-refractivity contribution in [2.75, 3.05) is 21.3 Å². The maximum absolute atomic E-state index is 11.2. The third kappa shape index (κ3) is 4.76. The summed E-state index contributed by atoms with van der Waals surface area (Å²) in [5, 5.41) is 0. The Morgan fingerprint density at radius 2 is 1.90 bits per heavy atom. The van der Waals surface area contributed by atoms with Crippen molar-refractivity contribution in [3.63, 3.8) is 0 Å². The first-order chi connectivity index (χ1) is 9.60. The number of rotatable bonds is 6. The Morgan fingerprint density at radius 1 is 1.15 bits per heavy atom. The fourth-order valence-electron chi connectivity index (χ4n) is 1.65. The molecule has 0 aliphatic heterocycles. The van der Waals surface area contributed by atoms with Crippen molar-refractivity contribution in [2.24, 2.45) is 0 Å². The number of carbonyl (C=O) groups excluding carboxylic acids is 2. The zero-order chi connectivity index (χ0) is 15.0. The van der Waals surface area contributed by atoms with E-state index in [9.17, 15) is 9.59 Å². The van der Waals surface area contributed by atoms with Gasteiger partial charge in [0.15, 0.2) is 0 Å². The van der Waals surface area contributed by atoms with E-state index in [1.165, 1.54) is 20.3 Å². The van der Waals surface area contributed by atoms with Crippen molar-refractivity contribution < 1.29 is 23.8 Å². The number of ether oxygens (including phenoxy) is 3. The van der Waals surface area contributed by atoms with Gasteiger partial charge in [-0.05, 0) is 35.8 Å². The van der Waals surface area contributed by atoms with Gasteiger partial charge in [0.1, 0.15) is 5.75 Å². The smallest absolute Gasteiger partial charge is 0.330 e. The second kappa shape index (κ2) is 7.99. The van der Waals surface area contributed by atoms with Gasteiger partial charge < -0.3 is 14.2 Å². The maximum atomic E-state index is 11.2. The third-order valence-electron chi connectivity index (χ3n) is 2.78. The molecule has 0 spiro atoms. The Labute approximate surface area is 118 Å². The minimum atomic E-state index is -0.431. The van der Waals surface area contributed by atoms with E-state index in [-0.39, 0.29) is 12.4 Å². The molecule has 5 heteroatoms. The molecule has 5 nitrogen and oxygen atoms in total. The Morgan fingerprint density at radius 3 is 2.50 bits per heavy atom. The third-order valence-corrected chi connectivity index (χ3v) is 2.78. The van der Waals surface area contributed by atoms with Crippen LogP contribution in [0.2, 0.25) is 0 Å². The van der Waals surface area contributed by atoms with E-state index in [0.29, 0.717) is 12.2 Å². The van der Waals surface area contributed by atoms with Crippen LogP contribution >= 0.6 is 0 Å². The molecule has 0 saturated heterocycles. The van der Waals surface area contributed by atoms with Crippen LogP contribution in [0.1, 0.15) is 17.5 Å². The largest absolute Gasteiger partial charge is 0.497 e. The molecule has 0 atom stereocenters. The van der Waals surface area contributed by atoms with Crippen LogP contribution in [0.4, 0.5) is 0 Å². The number of hydrogen-bond donors (Lipinski definition) is 0. The zero-order valence-electron chi connectivity index (χ0n) is 11.8. The van der Waals surface area contributed by atoms with E-state index in [4.69, 9.17) is 4.74 Å². The van der Waals surface area contributed by atoms with Gasteiger partial charge in [0.05, 0.1) is 21.3 Å². The van der Waals surface area contributed by atoms with Crippen LogP contribution in [-0.4, -0.2) is 33.3 Å². The standard InChI is InChI=1S/C15H18O5/c1-18-13-7-4-11(5-8-14(16)19-2)12(10-13)6-9-15(17)20-3/h4-5,7-8,10H,6,9H2,1-3H3/b8-5+. The molecule has 20 heavy (non-hydrogen) atoms. The quantitative estimate of drug-likeness (QED) is 0.588. The summed E-state index contributed by atoms with van der Waals surface area (Å²) in [5.41, 5.74) is 1.73. The minimum Gasteiger partial charge on any atom is -0.497 e. The van der Waals surface area contributed by atoms with Gasteiger partial charge in [-0.15, -0.1) is 0 Å². The molecule has 0 aliphatic rings. The predicted molar refractivity (Wildman–Crippen MR) is 74.4 cm³/mol. The fourth-order valence-corrected chi connectivity index (χ4v) is 1.65. The average molecular weight is 278 g/mol. The second-order valence-corrected chi connectivity index (χ2v) is 4.00. The molecule has 0 saturated carbocycles. The van der Waals surface area contributed by atoms with Gasteiger partial charge in [-0.2, -0.15) is 0 Å². The topological polar surface area (TPSA) is 61.8 Å². The summed E-state index contributed by atoms with van der Waals surface area (Å²) in [6.07, 6.45) is 3.76. The van der Waals surface area contributed by atoms with Gasteiger partial charge >= 0.3 is 11.9 Å². The average Bonchev–Trinajstić information content (AvgIpc) is 2.50. The van der Waals surface area contributed by atoms with E-state index < -0.39 is 5.97 Å². The first-order valence-corrected chi connectivity index (χ1v) is 6.10. The maximum Gasteiger partial charge on any atom is 0.330 e. The predicted octanol–water partition coefficient (Wildman–Crippen LogP) is 1.99. The monoisotopic (exact) mass is 278 g/mol. The lowest BCUT2D eigenvalue weighted by molar-refractivity contribution is -0.140. The summed E-state index contributed by atoms with van der Waals surface area (Å²) in [4.78, 5) is 22.3. The van der Waals surface area contributed by atoms with E-state index in [1.54, 1.807) is 19.3 Å². The molecular formula is C15H18O5. The summed E-state index contributed by atoms with van der Waals surface area (Å²) in [6.45, 7) is 0. The molecule has 108 valence electrons. The van der Waals surface area contributed by atoms with Crippen molar-refractivity contribution in [3.05, 3.63) is 35.4 Å². The number of esters is 2.